The molecule has 0 radical (unpaired) electrons. The molecule has 4 rings (SSSR count). The lowest BCUT2D eigenvalue weighted by atomic mass is 9.95. The van der Waals surface area contributed by atoms with Crippen molar-refractivity contribution in [1.82, 2.24) is 0 Å². The van der Waals surface area contributed by atoms with E-state index >= 15 is 0 Å². The molecule has 0 saturated heterocycles. The normalized spacial score (nSPS) is 19.3. The van der Waals surface area contributed by atoms with E-state index in [1.807, 2.05) is 6.92 Å². The van der Waals surface area contributed by atoms with Crippen molar-refractivity contribution in [3.05, 3.63) is 45.1 Å². The second-order valence-electron chi connectivity index (χ2n) is 8.73. The number of aliphatic hydroxyl groups excluding tert-OH is 1. The first-order valence-corrected chi connectivity index (χ1v) is 12.5. The van der Waals surface area contributed by atoms with Crippen molar-refractivity contribution in [2.24, 2.45) is 9.50 Å². The van der Waals surface area contributed by atoms with Crippen molar-refractivity contribution in [2.75, 3.05) is 5.32 Å². The zero-order chi connectivity index (χ0) is 21.8. The number of nitrogens with one attached hydrogen (secondary N) is 1. The molecule has 5 N–H and O–H groups in total. The highest BCUT2D eigenvalue weighted by Crippen LogP contribution is 2.46. The number of thiophene rings is 1. The topological polar surface area (TPSA) is 108 Å². The molecule has 0 bridgehead atoms. The second kappa shape index (κ2) is 7.56. The summed E-state index contributed by atoms with van der Waals surface area (Å²) in [5.41, 5.74) is 4.32. The number of benzene rings is 1. The fourth-order valence-corrected chi connectivity index (χ4v) is 6.52. The maximum absolute atomic E-state index is 14.4. The second-order valence-corrected chi connectivity index (χ2v) is 11.8. The summed E-state index contributed by atoms with van der Waals surface area (Å²) in [5, 5.41) is 29.5. The van der Waals surface area contributed by atoms with Gasteiger partial charge in [0.2, 0.25) is 6.35 Å². The summed E-state index contributed by atoms with van der Waals surface area (Å²) in [6.07, 6.45) is 3.76. The zero-order valence-corrected chi connectivity index (χ0v) is 19.0. The molecule has 9 heteroatoms. The van der Waals surface area contributed by atoms with Crippen LogP contribution in [0.25, 0.3) is 0 Å². The first-order valence-electron chi connectivity index (χ1n) is 10.1. The van der Waals surface area contributed by atoms with E-state index in [9.17, 15) is 18.8 Å². The predicted molar refractivity (Wildman–Crippen MR) is 117 cm³/mol. The summed E-state index contributed by atoms with van der Waals surface area (Å²) in [6, 6.07) is 3.40. The molecule has 0 aliphatic heterocycles. The molecule has 1 aromatic heterocycles. The Kier molecular flexibility index (Phi) is 5.47. The minimum atomic E-state index is -3.70. The molecular formula is C21H28FN3O3S2. The molecule has 1 aromatic carbocycles. The Labute approximate surface area is 180 Å². The summed E-state index contributed by atoms with van der Waals surface area (Å²) in [6.45, 7) is 5.03. The number of hydrogen-bond acceptors (Lipinski definition) is 6. The van der Waals surface area contributed by atoms with E-state index < -0.39 is 27.7 Å². The molecule has 6 nitrogen and oxygen atoms in total. The molecule has 1 fully saturated rings. The quantitative estimate of drug-likeness (QED) is 0.498. The van der Waals surface area contributed by atoms with Gasteiger partial charge in [0.15, 0.2) is 19.9 Å². The number of nitrogens with two attached hydrogens (primary N) is 1. The standard InChI is InChI=1S/C21H28FN3O3S2/c1-11-15(12-7-8-12)9-13-5-4-6-14(13)18(11)24-20(26)25-30(23,28)19-16(22)10-17(29-19)21(2,3)27/h9-10,12,20,24,26-27H,4-8H2,1-3H3,(H2,23,25,28). The van der Waals surface area contributed by atoms with Gasteiger partial charge in [-0.3, -0.25) is 0 Å². The number of fused-ring (bicyclic) bond motifs is 1. The van der Waals surface area contributed by atoms with Gasteiger partial charge in [0.1, 0.15) is 0 Å². The molecule has 0 amide bonds. The van der Waals surface area contributed by atoms with E-state index in [2.05, 4.69) is 15.7 Å². The van der Waals surface area contributed by atoms with Gasteiger partial charge in [-0.25, -0.2) is 13.7 Å². The lowest BCUT2D eigenvalue weighted by molar-refractivity contribution is 0.0823. The molecular weight excluding hydrogens is 425 g/mol. The minimum Gasteiger partial charge on any atom is -0.385 e. The third kappa shape index (κ3) is 4.13. The SMILES string of the molecule is Cc1c(C2CC2)cc2c(c1NC(O)N=S(N)(=O)c1sc(C(C)(C)O)cc1F)CCC2. The van der Waals surface area contributed by atoms with E-state index in [1.54, 1.807) is 0 Å². The van der Waals surface area contributed by atoms with Crippen molar-refractivity contribution in [2.45, 2.75) is 75.0 Å². The van der Waals surface area contributed by atoms with Gasteiger partial charge in [-0.2, -0.15) is 4.36 Å². The predicted octanol–water partition coefficient (Wildman–Crippen LogP) is 3.88. The maximum Gasteiger partial charge on any atom is 0.233 e. The molecule has 2 unspecified atom stereocenters. The Morgan fingerprint density at radius 1 is 1.37 bits per heavy atom. The van der Waals surface area contributed by atoms with Crippen molar-refractivity contribution >= 4 is 26.9 Å². The van der Waals surface area contributed by atoms with Gasteiger partial charge in [-0.15, -0.1) is 11.3 Å². The van der Waals surface area contributed by atoms with Crippen LogP contribution in [-0.2, 0) is 28.4 Å². The third-order valence-electron chi connectivity index (χ3n) is 5.77. The molecule has 2 aliphatic rings. The molecule has 2 atom stereocenters. The fraction of sp³-hybridized carbons (Fsp3) is 0.524. The van der Waals surface area contributed by atoms with Gasteiger partial charge in [0, 0.05) is 10.6 Å². The van der Waals surface area contributed by atoms with Gasteiger partial charge in [-0.05, 0) is 87.1 Å². The first-order chi connectivity index (χ1) is 14.0. The highest BCUT2D eigenvalue weighted by atomic mass is 32.2. The van der Waals surface area contributed by atoms with Gasteiger partial charge >= 0.3 is 0 Å². The number of rotatable bonds is 6. The van der Waals surface area contributed by atoms with Crippen LogP contribution in [0.5, 0.6) is 0 Å². The Bertz CT molecular complexity index is 1110. The zero-order valence-electron chi connectivity index (χ0n) is 17.4. The van der Waals surface area contributed by atoms with E-state index in [0.29, 0.717) is 5.92 Å². The van der Waals surface area contributed by atoms with Crippen molar-refractivity contribution in [1.29, 1.82) is 0 Å². The van der Waals surface area contributed by atoms with Crippen LogP contribution in [-0.4, -0.2) is 20.8 Å². The Hall–Kier alpha value is -1.52. The smallest absolute Gasteiger partial charge is 0.233 e. The molecule has 2 aliphatic carbocycles. The lowest BCUT2D eigenvalue weighted by Gasteiger charge is -2.20. The van der Waals surface area contributed by atoms with E-state index in [1.165, 1.54) is 37.8 Å². The third-order valence-corrected chi connectivity index (χ3v) is 9.19. The van der Waals surface area contributed by atoms with Crippen LogP contribution < -0.4 is 10.5 Å². The van der Waals surface area contributed by atoms with Gasteiger partial charge in [0.05, 0.1) is 5.60 Å². The number of aryl methyl sites for hydroxylation is 1. The highest BCUT2D eigenvalue weighted by molar-refractivity contribution is 7.93. The average molecular weight is 454 g/mol. The Morgan fingerprint density at radius 2 is 2.07 bits per heavy atom. The summed E-state index contributed by atoms with van der Waals surface area (Å²) < 4.78 is 30.9. The molecule has 30 heavy (non-hydrogen) atoms. The summed E-state index contributed by atoms with van der Waals surface area (Å²) >= 11 is 0.801. The number of aliphatic hydroxyl groups is 2. The number of nitrogens with zero attached hydrogens (tertiary/aromatic N) is 1. The van der Waals surface area contributed by atoms with E-state index in [4.69, 9.17) is 5.14 Å². The van der Waals surface area contributed by atoms with Crippen molar-refractivity contribution in [3.8, 4) is 0 Å². The van der Waals surface area contributed by atoms with Crippen LogP contribution in [0.2, 0.25) is 0 Å². The van der Waals surface area contributed by atoms with E-state index in [0.717, 1.165) is 53.5 Å². The first kappa shape index (κ1) is 21.7. The number of anilines is 1. The van der Waals surface area contributed by atoms with Gasteiger partial charge in [0.25, 0.3) is 0 Å². The number of hydrogen-bond donors (Lipinski definition) is 4. The van der Waals surface area contributed by atoms with Crippen LogP contribution in [0.15, 0.2) is 20.7 Å². The maximum atomic E-state index is 14.4. The van der Waals surface area contributed by atoms with Crippen LogP contribution in [0.3, 0.4) is 0 Å². The van der Waals surface area contributed by atoms with Crippen molar-refractivity contribution < 1.29 is 18.8 Å². The Balaban J connectivity index is 1.67. The largest absolute Gasteiger partial charge is 0.385 e. The van der Waals surface area contributed by atoms with Crippen LogP contribution in [0.1, 0.15) is 66.2 Å². The van der Waals surface area contributed by atoms with Crippen LogP contribution in [0, 0.1) is 12.7 Å². The number of halogens is 1. The fourth-order valence-electron chi connectivity index (χ4n) is 4.10. The minimum absolute atomic E-state index is 0.283. The Morgan fingerprint density at radius 3 is 2.67 bits per heavy atom. The molecule has 1 heterocycles. The van der Waals surface area contributed by atoms with Crippen LogP contribution in [0.4, 0.5) is 10.1 Å². The monoisotopic (exact) mass is 453 g/mol. The molecule has 2 aromatic rings. The summed E-state index contributed by atoms with van der Waals surface area (Å²) in [4.78, 5) is 0.289. The molecule has 0 spiro atoms. The van der Waals surface area contributed by atoms with E-state index in [-0.39, 0.29) is 9.09 Å². The highest BCUT2D eigenvalue weighted by Gasteiger charge is 2.30. The van der Waals surface area contributed by atoms with Crippen LogP contribution >= 0.6 is 11.3 Å². The van der Waals surface area contributed by atoms with Crippen molar-refractivity contribution in [3.63, 3.8) is 0 Å². The lowest BCUT2D eigenvalue weighted by Crippen LogP contribution is -2.23. The van der Waals surface area contributed by atoms with Gasteiger partial charge < -0.3 is 15.5 Å². The molecule has 1 saturated carbocycles. The van der Waals surface area contributed by atoms with Gasteiger partial charge in [-0.1, -0.05) is 6.07 Å². The summed E-state index contributed by atoms with van der Waals surface area (Å²) in [5.74, 6) is -0.238. The average Bonchev–Trinajstić information content (AvgIpc) is 3.20. The summed E-state index contributed by atoms with van der Waals surface area (Å²) in [7, 11) is -3.70. The molecule has 164 valence electrons.